The van der Waals surface area contributed by atoms with Gasteiger partial charge >= 0.3 is 0 Å². The predicted octanol–water partition coefficient (Wildman–Crippen LogP) is 5.95. The maximum Gasteiger partial charge on any atom is 0.255 e. The Labute approximate surface area is 230 Å². The number of hydrogen-bond donors (Lipinski definition) is 2. The highest BCUT2D eigenvalue weighted by molar-refractivity contribution is 8.00. The molecule has 7 nitrogen and oxygen atoms in total. The Kier molecular flexibility index (Phi) is 7.84. The molecule has 0 saturated carbocycles. The van der Waals surface area contributed by atoms with E-state index < -0.39 is 5.25 Å². The molecule has 1 unspecified atom stereocenters. The minimum atomic E-state index is -0.581. The Hall–Kier alpha value is -4.69. The van der Waals surface area contributed by atoms with Crippen LogP contribution in [0.15, 0.2) is 119 Å². The van der Waals surface area contributed by atoms with E-state index in [1.54, 1.807) is 24.3 Å². The highest BCUT2D eigenvalue weighted by Crippen LogP contribution is 2.36. The van der Waals surface area contributed by atoms with E-state index >= 15 is 0 Å². The number of carbonyl (C=O) groups excluding carboxylic acids is 3. The number of nitrogens with zero attached hydrogens (tertiary/aromatic N) is 2. The van der Waals surface area contributed by atoms with Crippen LogP contribution in [0.5, 0.6) is 0 Å². The fourth-order valence-corrected chi connectivity index (χ4v) is 5.06. The molecule has 1 atom stereocenters. The van der Waals surface area contributed by atoms with Crippen LogP contribution in [0.4, 0.5) is 11.4 Å². The number of amides is 3. The second kappa shape index (κ2) is 11.8. The van der Waals surface area contributed by atoms with E-state index in [9.17, 15) is 14.4 Å². The monoisotopic (exact) mass is 534 g/mol. The van der Waals surface area contributed by atoms with Crippen molar-refractivity contribution in [2.75, 3.05) is 10.3 Å². The second-order valence-electron chi connectivity index (χ2n) is 9.01. The van der Waals surface area contributed by atoms with E-state index in [1.807, 2.05) is 91.9 Å². The zero-order valence-corrected chi connectivity index (χ0v) is 22.0. The number of para-hydroxylation sites is 1. The molecule has 0 aromatic heterocycles. The summed E-state index contributed by atoms with van der Waals surface area (Å²) in [6.07, 6.45) is 0.0161. The van der Waals surface area contributed by atoms with Crippen molar-refractivity contribution in [2.24, 2.45) is 5.10 Å². The first-order chi connectivity index (χ1) is 19.0. The summed E-state index contributed by atoms with van der Waals surface area (Å²) in [7, 11) is 0. The maximum atomic E-state index is 13.4. The van der Waals surface area contributed by atoms with Crippen molar-refractivity contribution in [1.29, 1.82) is 0 Å². The minimum absolute atomic E-state index is 0.0161. The van der Waals surface area contributed by atoms with Crippen molar-refractivity contribution in [3.63, 3.8) is 0 Å². The summed E-state index contributed by atoms with van der Waals surface area (Å²) in [5, 5.41) is 10.8. The third kappa shape index (κ3) is 6.42. The molecule has 4 aromatic carbocycles. The molecular formula is C31H26N4O3S. The number of amidine groups is 1. The van der Waals surface area contributed by atoms with Crippen LogP contribution in [-0.2, 0) is 9.59 Å². The number of benzene rings is 4. The van der Waals surface area contributed by atoms with Gasteiger partial charge in [-0.2, -0.15) is 10.1 Å². The highest BCUT2D eigenvalue weighted by Gasteiger charge is 2.29. The number of carbonyl (C=O) groups is 3. The molecule has 3 amide bonds. The van der Waals surface area contributed by atoms with Crippen LogP contribution in [0.1, 0.15) is 33.2 Å². The number of thioether (sulfide) groups is 1. The summed E-state index contributed by atoms with van der Waals surface area (Å²) in [6, 6.07) is 33.3. The van der Waals surface area contributed by atoms with E-state index in [0.29, 0.717) is 22.8 Å². The SMILES string of the molecule is Cc1ccc(C(=O)Nc2ccc(SC(C(=O)NC3=NN(c4ccccc4)C(=O)C3)c3ccccc3)cc2)cc1. The van der Waals surface area contributed by atoms with Gasteiger partial charge in [0.2, 0.25) is 5.91 Å². The number of nitrogens with one attached hydrogen (secondary N) is 2. The van der Waals surface area contributed by atoms with Crippen LogP contribution < -0.4 is 15.6 Å². The van der Waals surface area contributed by atoms with Crippen LogP contribution in [0.2, 0.25) is 0 Å². The van der Waals surface area contributed by atoms with Crippen LogP contribution >= 0.6 is 11.8 Å². The molecule has 194 valence electrons. The number of hydrazone groups is 1. The Morgan fingerprint density at radius 2 is 1.46 bits per heavy atom. The lowest BCUT2D eigenvalue weighted by Crippen LogP contribution is -2.33. The first-order valence-corrected chi connectivity index (χ1v) is 13.3. The van der Waals surface area contributed by atoms with Crippen molar-refractivity contribution in [3.8, 4) is 0 Å². The maximum absolute atomic E-state index is 13.4. The molecule has 1 aliphatic rings. The lowest BCUT2D eigenvalue weighted by molar-refractivity contribution is -0.119. The summed E-state index contributed by atoms with van der Waals surface area (Å²) < 4.78 is 0. The number of anilines is 2. The van der Waals surface area contributed by atoms with E-state index in [2.05, 4.69) is 15.7 Å². The van der Waals surface area contributed by atoms with Crippen molar-refractivity contribution < 1.29 is 14.4 Å². The van der Waals surface area contributed by atoms with Gasteiger partial charge in [0.05, 0.1) is 12.1 Å². The quantitative estimate of drug-likeness (QED) is 0.287. The molecular weight excluding hydrogens is 508 g/mol. The Morgan fingerprint density at radius 1 is 0.821 bits per heavy atom. The standard InChI is InChI=1S/C31H26N4O3S/c1-21-12-14-23(15-13-21)30(37)32-24-16-18-26(19-17-24)39-29(22-8-4-2-5-9-22)31(38)33-27-20-28(36)35(34-27)25-10-6-3-7-11-25/h2-19,29H,20H2,1H3,(H,32,37)(H,33,34,38). The van der Waals surface area contributed by atoms with E-state index in [0.717, 1.165) is 16.0 Å². The Morgan fingerprint density at radius 3 is 2.13 bits per heavy atom. The van der Waals surface area contributed by atoms with Crippen LogP contribution in [0.25, 0.3) is 0 Å². The lowest BCUT2D eigenvalue weighted by atomic mass is 10.1. The van der Waals surface area contributed by atoms with Gasteiger partial charge in [-0.1, -0.05) is 66.2 Å². The van der Waals surface area contributed by atoms with Gasteiger partial charge in [0.25, 0.3) is 11.8 Å². The summed E-state index contributed by atoms with van der Waals surface area (Å²) in [6.45, 7) is 1.97. The third-order valence-electron chi connectivity index (χ3n) is 6.06. The fourth-order valence-electron chi connectivity index (χ4n) is 4.04. The zero-order valence-electron chi connectivity index (χ0n) is 21.2. The molecule has 2 N–H and O–H groups in total. The molecule has 0 fully saturated rings. The van der Waals surface area contributed by atoms with Gasteiger partial charge in [-0.15, -0.1) is 11.8 Å². The number of aryl methyl sites for hydroxylation is 1. The molecule has 4 aromatic rings. The normalized spacial score (nSPS) is 13.5. The first-order valence-electron chi connectivity index (χ1n) is 12.4. The van der Waals surface area contributed by atoms with Crippen LogP contribution in [0, 0.1) is 6.92 Å². The fraction of sp³-hybridized carbons (Fsp3) is 0.0968. The Bertz CT molecular complexity index is 1510. The van der Waals surface area contributed by atoms with Crippen LogP contribution in [0.3, 0.4) is 0 Å². The van der Waals surface area contributed by atoms with Gasteiger partial charge in [-0.05, 0) is 61.0 Å². The van der Waals surface area contributed by atoms with Gasteiger partial charge in [-0.3, -0.25) is 14.4 Å². The van der Waals surface area contributed by atoms with Crippen LogP contribution in [-0.4, -0.2) is 23.6 Å². The molecule has 8 heteroatoms. The molecule has 0 radical (unpaired) electrons. The molecule has 1 aliphatic heterocycles. The number of rotatable bonds is 7. The van der Waals surface area contributed by atoms with Crippen molar-refractivity contribution in [1.82, 2.24) is 5.32 Å². The molecule has 0 saturated heterocycles. The summed E-state index contributed by atoms with van der Waals surface area (Å²) in [5.41, 5.74) is 3.80. The van der Waals surface area contributed by atoms with Crippen molar-refractivity contribution in [3.05, 3.63) is 126 Å². The summed E-state index contributed by atoms with van der Waals surface area (Å²) in [4.78, 5) is 39.4. The number of hydrogen-bond acceptors (Lipinski definition) is 5. The summed E-state index contributed by atoms with van der Waals surface area (Å²) in [5.74, 6) is -0.356. The third-order valence-corrected chi connectivity index (χ3v) is 7.33. The van der Waals surface area contributed by atoms with E-state index in [1.165, 1.54) is 16.8 Å². The molecule has 39 heavy (non-hydrogen) atoms. The molecule has 5 rings (SSSR count). The van der Waals surface area contributed by atoms with Gasteiger partial charge in [0.1, 0.15) is 11.1 Å². The molecule has 0 bridgehead atoms. The predicted molar refractivity (Wildman–Crippen MR) is 155 cm³/mol. The average Bonchev–Trinajstić information content (AvgIpc) is 3.33. The minimum Gasteiger partial charge on any atom is -0.322 e. The smallest absolute Gasteiger partial charge is 0.255 e. The van der Waals surface area contributed by atoms with Crippen molar-refractivity contribution in [2.45, 2.75) is 23.5 Å². The molecule has 1 heterocycles. The average molecular weight is 535 g/mol. The zero-order chi connectivity index (χ0) is 27.2. The van der Waals surface area contributed by atoms with Gasteiger partial charge in [-0.25, -0.2) is 0 Å². The lowest BCUT2D eigenvalue weighted by Gasteiger charge is -2.17. The van der Waals surface area contributed by atoms with Crippen molar-refractivity contribution >= 4 is 46.7 Å². The Balaban J connectivity index is 1.29. The summed E-state index contributed by atoms with van der Waals surface area (Å²) >= 11 is 1.38. The second-order valence-corrected chi connectivity index (χ2v) is 10.2. The molecule has 0 spiro atoms. The van der Waals surface area contributed by atoms with E-state index in [4.69, 9.17) is 0 Å². The van der Waals surface area contributed by atoms with Gasteiger partial charge in [0, 0.05) is 16.1 Å². The van der Waals surface area contributed by atoms with E-state index in [-0.39, 0.29) is 24.1 Å². The topological polar surface area (TPSA) is 90.9 Å². The van der Waals surface area contributed by atoms with Gasteiger partial charge in [0.15, 0.2) is 0 Å². The largest absolute Gasteiger partial charge is 0.322 e. The first kappa shape index (κ1) is 25.9. The highest BCUT2D eigenvalue weighted by atomic mass is 32.2. The molecule has 0 aliphatic carbocycles. The van der Waals surface area contributed by atoms with Gasteiger partial charge < -0.3 is 10.6 Å².